The van der Waals surface area contributed by atoms with Gasteiger partial charge in [0.15, 0.2) is 0 Å². The summed E-state index contributed by atoms with van der Waals surface area (Å²) in [5, 5.41) is 2.48. The molecule has 2 saturated heterocycles. The first kappa shape index (κ1) is 19.6. The molecule has 2 aliphatic heterocycles. The van der Waals surface area contributed by atoms with Gasteiger partial charge in [-0.2, -0.15) is 0 Å². The van der Waals surface area contributed by atoms with E-state index in [0.29, 0.717) is 19.5 Å². The Morgan fingerprint density at radius 1 is 1.32 bits per heavy atom. The SMILES string of the molecule is CC(C)(C)OC(=O)N1CCCC(C(=O)NCCN2C(=O)CSC2=O)C1. The molecule has 2 rings (SSSR count). The quantitative estimate of drug-likeness (QED) is 0.803. The number of nitrogens with one attached hydrogen (secondary N) is 1. The van der Waals surface area contributed by atoms with Crippen LogP contribution in [0.1, 0.15) is 33.6 Å². The van der Waals surface area contributed by atoms with E-state index in [-0.39, 0.29) is 41.8 Å². The molecular formula is C16H25N3O5S. The molecule has 0 aliphatic carbocycles. The van der Waals surface area contributed by atoms with Crippen molar-refractivity contribution in [3.63, 3.8) is 0 Å². The van der Waals surface area contributed by atoms with Gasteiger partial charge >= 0.3 is 6.09 Å². The van der Waals surface area contributed by atoms with Gasteiger partial charge < -0.3 is 15.0 Å². The van der Waals surface area contributed by atoms with E-state index in [1.54, 1.807) is 25.7 Å². The van der Waals surface area contributed by atoms with Crippen LogP contribution < -0.4 is 5.32 Å². The molecule has 0 aromatic rings. The Labute approximate surface area is 151 Å². The van der Waals surface area contributed by atoms with E-state index in [9.17, 15) is 19.2 Å². The molecule has 0 saturated carbocycles. The van der Waals surface area contributed by atoms with Crippen LogP contribution in [-0.4, -0.2) is 70.5 Å². The van der Waals surface area contributed by atoms with Crippen molar-refractivity contribution < 1.29 is 23.9 Å². The molecule has 4 amide bonds. The van der Waals surface area contributed by atoms with Crippen molar-refractivity contribution in [2.24, 2.45) is 5.92 Å². The van der Waals surface area contributed by atoms with Crippen molar-refractivity contribution in [1.82, 2.24) is 15.1 Å². The van der Waals surface area contributed by atoms with Crippen LogP contribution in [0, 0.1) is 5.92 Å². The molecule has 9 heteroatoms. The predicted molar refractivity (Wildman–Crippen MR) is 93.1 cm³/mol. The molecule has 140 valence electrons. The van der Waals surface area contributed by atoms with E-state index in [0.717, 1.165) is 23.1 Å². The third kappa shape index (κ3) is 5.62. The lowest BCUT2D eigenvalue weighted by molar-refractivity contribution is -0.128. The molecule has 1 N–H and O–H groups in total. The topological polar surface area (TPSA) is 96.0 Å². The van der Waals surface area contributed by atoms with E-state index in [4.69, 9.17) is 4.74 Å². The third-order valence-electron chi connectivity index (χ3n) is 3.92. The fraction of sp³-hybridized carbons (Fsp3) is 0.750. The number of likely N-dealkylation sites (tertiary alicyclic amines) is 1. The molecule has 0 aromatic heterocycles. The van der Waals surface area contributed by atoms with E-state index in [1.807, 2.05) is 0 Å². The molecule has 1 atom stereocenters. The molecule has 0 bridgehead atoms. The van der Waals surface area contributed by atoms with Crippen LogP contribution in [0.2, 0.25) is 0 Å². The maximum absolute atomic E-state index is 12.3. The fourth-order valence-corrected chi connectivity index (χ4v) is 3.47. The number of hydrogen-bond acceptors (Lipinski definition) is 6. The zero-order chi connectivity index (χ0) is 18.6. The van der Waals surface area contributed by atoms with Crippen LogP contribution in [0.4, 0.5) is 9.59 Å². The number of imide groups is 1. The van der Waals surface area contributed by atoms with Crippen molar-refractivity contribution in [3.8, 4) is 0 Å². The number of nitrogens with zero attached hydrogens (tertiary/aromatic N) is 2. The minimum atomic E-state index is -0.570. The van der Waals surface area contributed by atoms with Gasteiger partial charge in [0.1, 0.15) is 5.60 Å². The van der Waals surface area contributed by atoms with Crippen LogP contribution in [0.25, 0.3) is 0 Å². The number of rotatable bonds is 4. The van der Waals surface area contributed by atoms with Gasteiger partial charge in [-0.1, -0.05) is 11.8 Å². The number of thioether (sulfide) groups is 1. The second kappa shape index (κ2) is 8.07. The van der Waals surface area contributed by atoms with Crippen molar-refractivity contribution in [3.05, 3.63) is 0 Å². The van der Waals surface area contributed by atoms with E-state index >= 15 is 0 Å². The number of amides is 4. The Hall–Kier alpha value is -1.77. The van der Waals surface area contributed by atoms with Crippen LogP contribution in [0.3, 0.4) is 0 Å². The second-order valence-electron chi connectivity index (χ2n) is 7.16. The average Bonchev–Trinajstić information content (AvgIpc) is 2.85. The lowest BCUT2D eigenvalue weighted by atomic mass is 9.97. The lowest BCUT2D eigenvalue weighted by Crippen LogP contribution is -2.48. The molecule has 2 aliphatic rings. The lowest BCUT2D eigenvalue weighted by Gasteiger charge is -2.33. The summed E-state index contributed by atoms with van der Waals surface area (Å²) < 4.78 is 5.35. The van der Waals surface area contributed by atoms with Crippen LogP contribution in [0.15, 0.2) is 0 Å². The summed E-state index contributed by atoms with van der Waals surface area (Å²) in [6.45, 7) is 6.71. The zero-order valence-electron chi connectivity index (χ0n) is 14.9. The molecule has 0 spiro atoms. The smallest absolute Gasteiger partial charge is 0.410 e. The minimum Gasteiger partial charge on any atom is -0.444 e. The largest absolute Gasteiger partial charge is 0.444 e. The first-order valence-electron chi connectivity index (χ1n) is 8.40. The van der Waals surface area contributed by atoms with Gasteiger partial charge in [0.2, 0.25) is 11.8 Å². The maximum Gasteiger partial charge on any atom is 0.410 e. The van der Waals surface area contributed by atoms with E-state index in [2.05, 4.69) is 5.32 Å². The number of carbonyl (C=O) groups is 4. The Morgan fingerprint density at radius 3 is 2.64 bits per heavy atom. The van der Waals surface area contributed by atoms with Gasteiger partial charge in [-0.05, 0) is 33.6 Å². The van der Waals surface area contributed by atoms with Crippen molar-refractivity contribution in [2.75, 3.05) is 31.9 Å². The third-order valence-corrected chi connectivity index (χ3v) is 4.78. The first-order valence-corrected chi connectivity index (χ1v) is 9.38. The zero-order valence-corrected chi connectivity index (χ0v) is 15.7. The Kier molecular flexibility index (Phi) is 6.31. The van der Waals surface area contributed by atoms with Gasteiger partial charge in [-0.3, -0.25) is 19.3 Å². The molecule has 2 fully saturated rings. The van der Waals surface area contributed by atoms with Crippen molar-refractivity contribution in [1.29, 1.82) is 0 Å². The summed E-state index contributed by atoms with van der Waals surface area (Å²) in [6.07, 6.45) is 1.02. The molecule has 1 unspecified atom stereocenters. The molecule has 8 nitrogen and oxygen atoms in total. The molecule has 25 heavy (non-hydrogen) atoms. The summed E-state index contributed by atoms with van der Waals surface area (Å²) in [6, 6.07) is 0. The molecule has 0 aromatic carbocycles. The van der Waals surface area contributed by atoms with Crippen LogP contribution in [-0.2, 0) is 14.3 Å². The Bertz CT molecular complexity index is 544. The fourth-order valence-electron chi connectivity index (χ4n) is 2.72. The Balaban J connectivity index is 1.78. The molecule has 2 heterocycles. The van der Waals surface area contributed by atoms with Crippen molar-refractivity contribution in [2.45, 2.75) is 39.2 Å². The molecule has 0 radical (unpaired) electrons. The predicted octanol–water partition coefficient (Wildman–Crippen LogP) is 1.45. The van der Waals surface area contributed by atoms with E-state index < -0.39 is 11.7 Å². The van der Waals surface area contributed by atoms with Gasteiger partial charge in [-0.15, -0.1) is 0 Å². The minimum absolute atomic E-state index is 0.167. The summed E-state index contributed by atoms with van der Waals surface area (Å²) in [5.41, 5.74) is -0.570. The Morgan fingerprint density at radius 2 is 2.04 bits per heavy atom. The van der Waals surface area contributed by atoms with Gasteiger partial charge in [0.25, 0.3) is 5.24 Å². The van der Waals surface area contributed by atoms with Gasteiger partial charge in [-0.25, -0.2) is 4.79 Å². The average molecular weight is 371 g/mol. The summed E-state index contributed by atoms with van der Waals surface area (Å²) in [5.74, 6) is -0.529. The summed E-state index contributed by atoms with van der Waals surface area (Å²) in [7, 11) is 0. The normalized spacial score (nSPS) is 21.5. The highest BCUT2D eigenvalue weighted by Gasteiger charge is 2.32. The van der Waals surface area contributed by atoms with E-state index in [1.165, 1.54) is 0 Å². The highest BCUT2D eigenvalue weighted by molar-refractivity contribution is 8.14. The standard InChI is InChI=1S/C16H25N3O5S/c1-16(2,3)24-14(22)18-7-4-5-11(9-18)13(21)17-6-8-19-12(20)10-25-15(19)23/h11H,4-10H2,1-3H3,(H,17,21). The highest BCUT2D eigenvalue weighted by atomic mass is 32.2. The van der Waals surface area contributed by atoms with Crippen LogP contribution >= 0.6 is 11.8 Å². The number of carbonyl (C=O) groups excluding carboxylic acids is 4. The summed E-state index contributed by atoms with van der Waals surface area (Å²) >= 11 is 0.975. The highest BCUT2D eigenvalue weighted by Crippen LogP contribution is 2.20. The monoisotopic (exact) mass is 371 g/mol. The second-order valence-corrected chi connectivity index (χ2v) is 8.08. The summed E-state index contributed by atoms with van der Waals surface area (Å²) in [4.78, 5) is 50.1. The van der Waals surface area contributed by atoms with Crippen molar-refractivity contribution >= 4 is 34.9 Å². The maximum atomic E-state index is 12.3. The number of piperidine rings is 1. The van der Waals surface area contributed by atoms with Gasteiger partial charge in [0, 0.05) is 26.2 Å². The number of hydrogen-bond donors (Lipinski definition) is 1. The molecular weight excluding hydrogens is 346 g/mol. The first-order chi connectivity index (χ1) is 11.7. The van der Waals surface area contributed by atoms with Crippen LogP contribution in [0.5, 0.6) is 0 Å². The van der Waals surface area contributed by atoms with Gasteiger partial charge in [0.05, 0.1) is 11.7 Å². The number of ether oxygens (including phenoxy) is 1.